The number of fused-ring (bicyclic) bond motifs is 4. The summed E-state index contributed by atoms with van der Waals surface area (Å²) >= 11 is 0. The molecule has 4 aliphatic rings. The molecule has 0 saturated carbocycles. The molecule has 5 N–H and O–H groups in total. The van der Waals surface area contributed by atoms with Gasteiger partial charge in [0, 0.05) is 30.6 Å². The monoisotopic (exact) mass is 1020 g/mol. The Morgan fingerprint density at radius 2 is 1.00 bits per heavy atom. The van der Waals surface area contributed by atoms with E-state index in [9.17, 15) is 28.8 Å². The summed E-state index contributed by atoms with van der Waals surface area (Å²) in [6.45, 7) is 3.48. The number of hydrogen-bond acceptors (Lipinski definition) is 8. The van der Waals surface area contributed by atoms with E-state index in [1.54, 1.807) is 37.7 Å². The second kappa shape index (κ2) is 25.9. The molecular weight excluding hydrogens is 950 g/mol. The summed E-state index contributed by atoms with van der Waals surface area (Å²) in [6.07, 6.45) is 10.0. The number of hydrogen-bond donors (Lipinski definition) is 5. The van der Waals surface area contributed by atoms with Gasteiger partial charge in [-0.2, -0.15) is 0 Å². The molecule has 0 aromatic heterocycles. The number of carbonyl (C=O) groups is 6. The molecule has 0 saturated heterocycles. The van der Waals surface area contributed by atoms with Crippen molar-refractivity contribution >= 4 is 71.5 Å². The minimum atomic E-state index is -0.899. The molecule has 5 amide bonds. The molecule has 13 nitrogen and oxygen atoms in total. The zero-order valence-corrected chi connectivity index (χ0v) is 43.8. The van der Waals surface area contributed by atoms with Gasteiger partial charge in [0.1, 0.15) is 18.1 Å². The lowest BCUT2D eigenvalue weighted by Crippen LogP contribution is -2.57. The molecule has 8 rings (SSSR count). The molecule has 8 atom stereocenters. The van der Waals surface area contributed by atoms with Crippen LogP contribution in [0, 0.1) is 0 Å². The van der Waals surface area contributed by atoms with E-state index in [0.717, 1.165) is 55.2 Å². The SMILES string of the molecule is CN[C@@H](C)C(=O)N[C@@H](CCCCCC[C@H](NC(=O)[C@H](C)NC)C(=O)N1c2ccccc2C[C@H]1C(=O)N[C@@H]1CCCc2ccccc21)C(=O)N1c2ccccc2C[C@H]1C(=O)C[C@@H]1CCCc2ccccc21.Cl.Cl. The third-order valence-corrected chi connectivity index (χ3v) is 15.3. The highest BCUT2D eigenvalue weighted by Gasteiger charge is 2.44. The number of nitrogens with one attached hydrogen (secondary N) is 5. The predicted molar refractivity (Wildman–Crippen MR) is 288 cm³/mol. The average molecular weight is 1020 g/mol. The molecule has 386 valence electrons. The maximum absolute atomic E-state index is 14.9. The van der Waals surface area contributed by atoms with Gasteiger partial charge in [-0.25, -0.2) is 0 Å². The molecule has 0 bridgehead atoms. The Kier molecular flexibility index (Phi) is 20.0. The van der Waals surface area contributed by atoms with Crippen molar-refractivity contribution in [1.82, 2.24) is 26.6 Å². The highest BCUT2D eigenvalue weighted by Crippen LogP contribution is 2.39. The molecule has 2 aliphatic carbocycles. The van der Waals surface area contributed by atoms with E-state index < -0.39 is 36.3 Å². The first-order valence-electron chi connectivity index (χ1n) is 25.7. The minimum Gasteiger partial charge on any atom is -0.347 e. The van der Waals surface area contributed by atoms with E-state index in [0.29, 0.717) is 69.2 Å². The summed E-state index contributed by atoms with van der Waals surface area (Å²) in [7, 11) is 3.39. The molecule has 4 aromatic carbocycles. The molecule has 72 heavy (non-hydrogen) atoms. The Balaban J connectivity index is 0.00000423. The van der Waals surface area contributed by atoms with E-state index >= 15 is 0 Å². The molecule has 2 aliphatic heterocycles. The third-order valence-electron chi connectivity index (χ3n) is 15.3. The molecule has 0 fully saturated rings. The van der Waals surface area contributed by atoms with Crippen molar-refractivity contribution in [1.29, 1.82) is 0 Å². The van der Waals surface area contributed by atoms with E-state index in [4.69, 9.17) is 0 Å². The predicted octanol–water partition coefficient (Wildman–Crippen LogP) is 7.54. The first kappa shape index (κ1) is 55.7. The number of rotatable bonds is 20. The quantitative estimate of drug-likeness (QED) is 0.0566. The van der Waals surface area contributed by atoms with Crippen LogP contribution in [0.1, 0.15) is 130 Å². The molecular formula is C57H73Cl2N7O6. The fourth-order valence-electron chi connectivity index (χ4n) is 11.2. The Bertz CT molecular complexity index is 2390. The molecule has 0 spiro atoms. The van der Waals surface area contributed by atoms with Gasteiger partial charge in [-0.1, -0.05) is 111 Å². The molecule has 4 aromatic rings. The van der Waals surface area contributed by atoms with Crippen LogP contribution in [0.15, 0.2) is 97.1 Å². The van der Waals surface area contributed by atoms with Gasteiger partial charge in [-0.15, -0.1) is 24.8 Å². The van der Waals surface area contributed by atoms with Crippen LogP contribution in [-0.4, -0.2) is 85.7 Å². The van der Waals surface area contributed by atoms with Gasteiger partial charge in [0.15, 0.2) is 5.78 Å². The van der Waals surface area contributed by atoms with Crippen molar-refractivity contribution in [3.05, 3.63) is 130 Å². The molecule has 2 heterocycles. The first-order chi connectivity index (χ1) is 34.0. The Morgan fingerprint density at radius 1 is 0.556 bits per heavy atom. The van der Waals surface area contributed by atoms with Gasteiger partial charge in [-0.3, -0.25) is 38.6 Å². The summed E-state index contributed by atoms with van der Waals surface area (Å²) in [4.78, 5) is 88.7. The summed E-state index contributed by atoms with van der Waals surface area (Å²) in [5, 5.41) is 15.3. The zero-order chi connectivity index (χ0) is 49.3. The average Bonchev–Trinajstić information content (AvgIpc) is 3.98. The van der Waals surface area contributed by atoms with Gasteiger partial charge in [-0.05, 0) is 131 Å². The Morgan fingerprint density at radius 3 is 1.54 bits per heavy atom. The fraction of sp³-hybridized carbons (Fsp3) is 0.474. The van der Waals surface area contributed by atoms with Crippen molar-refractivity contribution in [2.45, 2.75) is 158 Å². The van der Waals surface area contributed by atoms with Crippen molar-refractivity contribution in [3.63, 3.8) is 0 Å². The summed E-state index contributed by atoms with van der Waals surface area (Å²) in [6, 6.07) is 27.4. The smallest absolute Gasteiger partial charge is 0.250 e. The first-order valence-corrected chi connectivity index (χ1v) is 25.7. The van der Waals surface area contributed by atoms with E-state index in [1.165, 1.54) is 16.7 Å². The lowest BCUT2D eigenvalue weighted by Gasteiger charge is -2.32. The van der Waals surface area contributed by atoms with Crippen LogP contribution >= 0.6 is 24.8 Å². The molecule has 0 unspecified atom stereocenters. The summed E-state index contributed by atoms with van der Waals surface area (Å²) < 4.78 is 0. The van der Waals surface area contributed by atoms with E-state index in [-0.39, 0.29) is 72.1 Å². The van der Waals surface area contributed by atoms with Crippen molar-refractivity contribution in [2.75, 3.05) is 23.9 Å². The number of amides is 5. The number of carbonyl (C=O) groups excluding carboxylic acids is 6. The lowest BCUT2D eigenvalue weighted by atomic mass is 9.79. The van der Waals surface area contributed by atoms with Crippen LogP contribution in [0.3, 0.4) is 0 Å². The van der Waals surface area contributed by atoms with E-state index in [2.05, 4.69) is 50.8 Å². The van der Waals surface area contributed by atoms with Gasteiger partial charge < -0.3 is 26.6 Å². The normalized spacial score (nSPS) is 20.1. The number of ketones is 1. The number of para-hydroxylation sites is 2. The second-order valence-electron chi connectivity index (χ2n) is 19.9. The molecule has 15 heteroatoms. The van der Waals surface area contributed by atoms with Crippen LogP contribution in [0.2, 0.25) is 0 Å². The zero-order valence-electron chi connectivity index (χ0n) is 42.1. The standard InChI is InChI=1S/C57H71N7O6.2ClH/c1-36(58-3)53(66)61-46(56(69)63-48-31-15-11-21-41(48)33-50(63)52(65)35-40-25-17-23-38-19-9-13-26-43(38)40)28-7-5-6-8-29-47(62-54(67)37(2)59-4)57(70)64-49-32-16-12-22-42(49)34-51(64)55(68)60-45-30-18-24-39-20-10-14-27-44(39)45;;/h9-16,19-22,26-27,31-32,36-37,40,45-47,50-51,58-59H,5-8,17-18,23-25,28-30,33-35H2,1-4H3,(H,60,68)(H,61,66)(H,62,67);2*1H/t36-,37-,40-,45+,46-,47-,50-,51-;;/m0../s1. The second-order valence-corrected chi connectivity index (χ2v) is 19.9. The summed E-state index contributed by atoms with van der Waals surface area (Å²) in [5.41, 5.74) is 8.08. The highest BCUT2D eigenvalue weighted by molar-refractivity contribution is 6.08. The Labute approximate surface area is 437 Å². The maximum atomic E-state index is 14.9. The number of aryl methyl sites for hydroxylation is 2. The number of anilines is 2. The maximum Gasteiger partial charge on any atom is 0.250 e. The number of nitrogens with zero attached hydrogens (tertiary/aromatic N) is 2. The highest BCUT2D eigenvalue weighted by atomic mass is 35.5. The number of Topliss-reactive ketones (excluding diaryl/α,β-unsaturated/α-hetero) is 1. The van der Waals surface area contributed by atoms with Crippen LogP contribution in [-0.2, 0) is 54.5 Å². The number of benzene rings is 4. The van der Waals surface area contributed by atoms with Crippen LogP contribution in [0.5, 0.6) is 0 Å². The Hall–Kier alpha value is -5.60. The summed E-state index contributed by atoms with van der Waals surface area (Å²) in [5.74, 6) is -1.35. The van der Waals surface area contributed by atoms with Crippen LogP contribution in [0.25, 0.3) is 0 Å². The van der Waals surface area contributed by atoms with Gasteiger partial charge in [0.25, 0.3) is 0 Å². The van der Waals surface area contributed by atoms with Crippen LogP contribution in [0.4, 0.5) is 11.4 Å². The van der Waals surface area contributed by atoms with Crippen molar-refractivity contribution in [2.24, 2.45) is 0 Å². The van der Waals surface area contributed by atoms with E-state index in [1.807, 2.05) is 72.8 Å². The number of likely N-dealkylation sites (N-methyl/N-ethyl adjacent to an activating group) is 2. The third kappa shape index (κ3) is 12.6. The number of halogens is 2. The van der Waals surface area contributed by atoms with Crippen molar-refractivity contribution < 1.29 is 28.8 Å². The molecule has 0 radical (unpaired) electrons. The van der Waals surface area contributed by atoms with Gasteiger partial charge >= 0.3 is 0 Å². The topological polar surface area (TPSA) is 169 Å². The lowest BCUT2D eigenvalue weighted by molar-refractivity contribution is -0.130. The van der Waals surface area contributed by atoms with Crippen molar-refractivity contribution in [3.8, 4) is 0 Å². The van der Waals surface area contributed by atoms with Gasteiger partial charge in [0.2, 0.25) is 29.5 Å². The van der Waals surface area contributed by atoms with Gasteiger partial charge in [0.05, 0.1) is 24.2 Å². The fourth-order valence-corrected chi connectivity index (χ4v) is 11.2. The minimum absolute atomic E-state index is 0. The number of unbranched alkanes of at least 4 members (excludes halogenated alkanes) is 3. The van der Waals surface area contributed by atoms with Crippen LogP contribution < -0.4 is 36.4 Å². The largest absolute Gasteiger partial charge is 0.347 e.